The van der Waals surface area contributed by atoms with Crippen LogP contribution in [-0.2, 0) is 4.79 Å². The van der Waals surface area contributed by atoms with E-state index in [4.69, 9.17) is 0 Å². The van der Waals surface area contributed by atoms with E-state index >= 15 is 0 Å². The number of piperazine rings is 1. The highest BCUT2D eigenvalue weighted by molar-refractivity contribution is 5.79. The first-order chi connectivity index (χ1) is 11.7. The van der Waals surface area contributed by atoms with Crippen molar-refractivity contribution in [1.82, 2.24) is 5.32 Å². The number of anilines is 1. The average Bonchev–Trinajstić information content (AvgIpc) is 2.67. The van der Waals surface area contributed by atoms with E-state index in [-0.39, 0.29) is 11.9 Å². The number of hydrogen-bond donors (Lipinski definition) is 2. The van der Waals surface area contributed by atoms with Gasteiger partial charge < -0.3 is 10.2 Å². The van der Waals surface area contributed by atoms with Crippen molar-refractivity contribution < 1.29 is 14.7 Å². The van der Waals surface area contributed by atoms with E-state index in [0.29, 0.717) is 5.92 Å². The second kappa shape index (κ2) is 8.47. The minimum Gasteiger partial charge on any atom is -0.351 e. The molecule has 132 valence electrons. The van der Waals surface area contributed by atoms with Crippen LogP contribution in [0.1, 0.15) is 39.0 Å². The van der Waals surface area contributed by atoms with Gasteiger partial charge in [-0.2, -0.15) is 0 Å². The molecule has 1 aromatic heterocycles. The third kappa shape index (κ3) is 4.47. The van der Waals surface area contributed by atoms with Crippen LogP contribution in [0.3, 0.4) is 0 Å². The Morgan fingerprint density at radius 3 is 2.71 bits per heavy atom. The predicted molar refractivity (Wildman–Crippen MR) is 95.0 cm³/mol. The Kier molecular flexibility index (Phi) is 6.07. The number of H-pyrrole nitrogens is 1. The highest BCUT2D eigenvalue weighted by atomic mass is 16.2. The van der Waals surface area contributed by atoms with Crippen molar-refractivity contribution in [1.29, 1.82) is 0 Å². The van der Waals surface area contributed by atoms with E-state index in [9.17, 15) is 4.79 Å². The topological polar surface area (TPSA) is 50.9 Å². The molecule has 1 saturated carbocycles. The number of pyridine rings is 1. The largest absolute Gasteiger partial charge is 0.351 e. The zero-order valence-electron chi connectivity index (χ0n) is 14.9. The molecule has 0 bridgehead atoms. The molecule has 0 unspecified atom stereocenters. The normalized spacial score (nSPS) is 21.5. The Balaban J connectivity index is 1.42. The molecule has 1 aromatic rings. The van der Waals surface area contributed by atoms with Crippen LogP contribution in [0.15, 0.2) is 24.4 Å². The Labute approximate surface area is 145 Å². The van der Waals surface area contributed by atoms with Crippen molar-refractivity contribution >= 4 is 11.7 Å². The standard InChI is InChI=1S/C19H30N4O/c1-16(19(24)21-15-17-7-3-2-4-8-17)22-11-13-23(14-12-22)18-9-5-6-10-20-18/h5-6,9-10,16-17H,2-4,7-8,11-15H2,1H3,(H,21,24)/p+2/t16-/m0/s1. The lowest BCUT2D eigenvalue weighted by molar-refractivity contribution is -0.914. The van der Waals surface area contributed by atoms with Crippen LogP contribution in [0.25, 0.3) is 0 Å². The number of quaternary nitrogens is 1. The number of carbonyl (C=O) groups is 1. The van der Waals surface area contributed by atoms with Gasteiger partial charge in [-0.3, -0.25) is 9.69 Å². The Morgan fingerprint density at radius 2 is 2.04 bits per heavy atom. The summed E-state index contributed by atoms with van der Waals surface area (Å²) in [6.07, 6.45) is 8.57. The van der Waals surface area contributed by atoms with Crippen LogP contribution in [0.5, 0.6) is 0 Å². The molecular weight excluding hydrogens is 300 g/mol. The van der Waals surface area contributed by atoms with E-state index in [2.05, 4.69) is 34.3 Å². The van der Waals surface area contributed by atoms with Gasteiger partial charge in [0.1, 0.15) is 26.2 Å². The van der Waals surface area contributed by atoms with E-state index in [1.165, 1.54) is 42.8 Å². The lowest BCUT2D eigenvalue weighted by Crippen LogP contribution is -3.19. The van der Waals surface area contributed by atoms with Crippen LogP contribution in [0.2, 0.25) is 0 Å². The SMILES string of the molecule is C[C@@H](C(=O)NCC1CCCCC1)[NH+]1CCN(c2cccc[nH+]2)CC1. The maximum atomic E-state index is 12.5. The highest BCUT2D eigenvalue weighted by Crippen LogP contribution is 2.22. The predicted octanol–water partition coefficient (Wildman–Crippen LogP) is 0.291. The molecule has 0 spiro atoms. The number of carbonyl (C=O) groups excluding carboxylic acids is 1. The number of hydrogen-bond acceptors (Lipinski definition) is 2. The number of nitrogens with zero attached hydrogens (tertiary/aromatic N) is 1. The first kappa shape index (κ1) is 17.2. The molecule has 2 fully saturated rings. The highest BCUT2D eigenvalue weighted by Gasteiger charge is 2.32. The van der Waals surface area contributed by atoms with E-state index < -0.39 is 0 Å². The molecule has 24 heavy (non-hydrogen) atoms. The zero-order valence-corrected chi connectivity index (χ0v) is 14.9. The van der Waals surface area contributed by atoms with Gasteiger partial charge in [0.15, 0.2) is 6.04 Å². The summed E-state index contributed by atoms with van der Waals surface area (Å²) in [5.74, 6) is 2.11. The lowest BCUT2D eigenvalue weighted by atomic mass is 9.89. The van der Waals surface area contributed by atoms with Crippen LogP contribution in [0.4, 0.5) is 5.82 Å². The van der Waals surface area contributed by atoms with Gasteiger partial charge in [-0.1, -0.05) is 25.3 Å². The maximum absolute atomic E-state index is 12.5. The fraction of sp³-hybridized carbons (Fsp3) is 0.684. The number of rotatable bonds is 5. The van der Waals surface area contributed by atoms with Crippen LogP contribution >= 0.6 is 0 Å². The Hall–Kier alpha value is -1.62. The van der Waals surface area contributed by atoms with Crippen molar-refractivity contribution in [2.24, 2.45) is 5.92 Å². The van der Waals surface area contributed by atoms with Crippen molar-refractivity contribution in [2.75, 3.05) is 37.6 Å². The number of aromatic nitrogens is 1. The molecule has 3 rings (SSSR count). The Bertz CT molecular complexity index is 507. The average molecular weight is 332 g/mol. The van der Waals surface area contributed by atoms with Gasteiger partial charge in [0.05, 0.1) is 6.20 Å². The van der Waals surface area contributed by atoms with Gasteiger partial charge in [-0.15, -0.1) is 0 Å². The fourth-order valence-electron chi connectivity index (χ4n) is 4.02. The molecule has 2 heterocycles. The Morgan fingerprint density at radius 1 is 1.29 bits per heavy atom. The van der Waals surface area contributed by atoms with Crippen LogP contribution in [0, 0.1) is 5.92 Å². The van der Waals surface area contributed by atoms with Crippen LogP contribution in [-0.4, -0.2) is 44.7 Å². The molecule has 5 nitrogen and oxygen atoms in total. The number of amides is 1. The molecule has 0 radical (unpaired) electrons. The summed E-state index contributed by atoms with van der Waals surface area (Å²) in [6.45, 7) is 6.98. The van der Waals surface area contributed by atoms with Crippen molar-refractivity contribution in [3.05, 3.63) is 24.4 Å². The van der Waals surface area contributed by atoms with Crippen molar-refractivity contribution in [3.8, 4) is 0 Å². The second-order valence-electron chi connectivity index (χ2n) is 7.36. The molecule has 1 aliphatic carbocycles. The third-order valence-electron chi connectivity index (χ3n) is 5.73. The third-order valence-corrected chi connectivity index (χ3v) is 5.73. The molecule has 1 aliphatic heterocycles. The van der Waals surface area contributed by atoms with Gasteiger partial charge in [-0.25, -0.2) is 4.98 Å². The molecule has 1 amide bonds. The quantitative estimate of drug-likeness (QED) is 0.814. The summed E-state index contributed by atoms with van der Waals surface area (Å²) in [7, 11) is 0. The molecule has 1 atom stereocenters. The van der Waals surface area contributed by atoms with Crippen molar-refractivity contribution in [2.45, 2.75) is 45.1 Å². The summed E-state index contributed by atoms with van der Waals surface area (Å²) in [4.78, 5) is 19.6. The molecular formula is C19H32N4O+2. The van der Waals surface area contributed by atoms with Gasteiger partial charge in [-0.05, 0) is 31.7 Å². The van der Waals surface area contributed by atoms with E-state index in [1.54, 1.807) is 0 Å². The summed E-state index contributed by atoms with van der Waals surface area (Å²) in [5.41, 5.74) is 0. The molecule has 0 aromatic carbocycles. The molecule has 2 aliphatic rings. The summed E-state index contributed by atoms with van der Waals surface area (Å²) < 4.78 is 0. The summed E-state index contributed by atoms with van der Waals surface area (Å²) >= 11 is 0. The lowest BCUT2D eigenvalue weighted by Gasteiger charge is -2.32. The van der Waals surface area contributed by atoms with Crippen molar-refractivity contribution in [3.63, 3.8) is 0 Å². The minimum absolute atomic E-state index is 0.0514. The van der Waals surface area contributed by atoms with E-state index in [1.807, 2.05) is 12.3 Å². The first-order valence-electron chi connectivity index (χ1n) is 9.58. The molecule has 3 N–H and O–H groups in total. The summed E-state index contributed by atoms with van der Waals surface area (Å²) in [5, 5.41) is 3.21. The molecule has 5 heteroatoms. The smallest absolute Gasteiger partial charge is 0.278 e. The van der Waals surface area contributed by atoms with Gasteiger partial charge in [0, 0.05) is 12.6 Å². The van der Waals surface area contributed by atoms with Gasteiger partial charge in [0.2, 0.25) is 0 Å². The summed E-state index contributed by atoms with van der Waals surface area (Å²) in [6, 6.07) is 6.23. The maximum Gasteiger partial charge on any atom is 0.278 e. The fourth-order valence-corrected chi connectivity index (χ4v) is 4.02. The van der Waals surface area contributed by atoms with Gasteiger partial charge >= 0.3 is 0 Å². The second-order valence-corrected chi connectivity index (χ2v) is 7.36. The van der Waals surface area contributed by atoms with Gasteiger partial charge in [0.25, 0.3) is 11.7 Å². The minimum atomic E-state index is 0.0514. The van der Waals surface area contributed by atoms with Crippen LogP contribution < -0.4 is 20.1 Å². The monoisotopic (exact) mass is 332 g/mol. The van der Waals surface area contributed by atoms with E-state index in [0.717, 1.165) is 32.7 Å². The number of nitrogens with one attached hydrogen (secondary N) is 3. The first-order valence-corrected chi connectivity index (χ1v) is 9.58. The molecule has 1 saturated heterocycles. The zero-order chi connectivity index (χ0) is 16.8. The number of aromatic amines is 1.